The molecule has 29 heavy (non-hydrogen) atoms. The molecular formula is C23H24N2O3S. The number of aliphatic imine (C=N–C) groups is 1. The Labute approximate surface area is 175 Å². The van der Waals surface area contributed by atoms with Crippen molar-refractivity contribution >= 4 is 28.9 Å². The summed E-state index contributed by atoms with van der Waals surface area (Å²) in [5.41, 5.74) is 1.97. The number of hydrogen-bond acceptors (Lipinski definition) is 5. The van der Waals surface area contributed by atoms with Gasteiger partial charge in [0.25, 0.3) is 5.91 Å². The first-order valence-electron chi connectivity index (χ1n) is 9.85. The molecule has 150 valence electrons. The molecule has 2 aliphatic rings. The summed E-state index contributed by atoms with van der Waals surface area (Å²) in [6, 6.07) is 16.0. The van der Waals surface area contributed by atoms with Crippen LogP contribution in [-0.4, -0.2) is 24.2 Å². The molecule has 0 radical (unpaired) electrons. The molecule has 1 amide bonds. The van der Waals surface area contributed by atoms with E-state index in [1.54, 1.807) is 7.11 Å². The van der Waals surface area contributed by atoms with Crippen LogP contribution in [0.4, 0.5) is 0 Å². The fourth-order valence-electron chi connectivity index (χ4n) is 3.47. The van der Waals surface area contributed by atoms with Crippen LogP contribution < -0.4 is 14.8 Å². The van der Waals surface area contributed by atoms with Crippen molar-refractivity contribution in [2.75, 3.05) is 7.11 Å². The highest BCUT2D eigenvalue weighted by molar-refractivity contribution is 8.18. The van der Waals surface area contributed by atoms with E-state index in [2.05, 4.69) is 10.3 Å². The van der Waals surface area contributed by atoms with Gasteiger partial charge in [0, 0.05) is 0 Å². The van der Waals surface area contributed by atoms with Gasteiger partial charge >= 0.3 is 0 Å². The number of nitrogens with zero attached hydrogens (tertiary/aromatic N) is 1. The number of carbonyl (C=O) groups is 1. The van der Waals surface area contributed by atoms with Crippen LogP contribution in [0, 0.1) is 0 Å². The zero-order valence-corrected chi connectivity index (χ0v) is 17.2. The molecule has 4 rings (SSSR count). The predicted molar refractivity (Wildman–Crippen MR) is 117 cm³/mol. The fraction of sp³-hybridized carbons (Fsp3) is 0.304. The van der Waals surface area contributed by atoms with Crippen molar-refractivity contribution in [2.24, 2.45) is 4.99 Å². The van der Waals surface area contributed by atoms with E-state index in [0.29, 0.717) is 34.2 Å². The number of methoxy groups -OCH3 is 1. The number of ether oxygens (including phenoxy) is 2. The van der Waals surface area contributed by atoms with E-state index < -0.39 is 0 Å². The molecule has 1 aliphatic carbocycles. The minimum absolute atomic E-state index is 0.102. The minimum Gasteiger partial charge on any atom is -0.493 e. The number of nitrogens with one attached hydrogen (secondary N) is 1. The van der Waals surface area contributed by atoms with Gasteiger partial charge in [0.15, 0.2) is 16.7 Å². The molecule has 0 bridgehead atoms. The number of amides is 1. The highest BCUT2D eigenvalue weighted by Gasteiger charge is 2.25. The molecule has 2 aromatic carbocycles. The lowest BCUT2D eigenvalue weighted by molar-refractivity contribution is -0.115. The molecule has 0 spiro atoms. The van der Waals surface area contributed by atoms with Crippen LogP contribution in [0.3, 0.4) is 0 Å². The highest BCUT2D eigenvalue weighted by atomic mass is 32.2. The molecule has 1 heterocycles. The van der Waals surface area contributed by atoms with Crippen molar-refractivity contribution in [3.63, 3.8) is 0 Å². The first-order chi connectivity index (χ1) is 14.2. The number of amidine groups is 1. The van der Waals surface area contributed by atoms with Gasteiger partial charge in [0.05, 0.1) is 18.1 Å². The lowest BCUT2D eigenvalue weighted by atomic mass is 10.2. The second-order valence-electron chi connectivity index (χ2n) is 7.12. The molecule has 2 aromatic rings. The lowest BCUT2D eigenvalue weighted by Gasteiger charge is -2.11. The maximum Gasteiger partial charge on any atom is 0.264 e. The first-order valence-corrected chi connectivity index (χ1v) is 10.7. The summed E-state index contributed by atoms with van der Waals surface area (Å²) in [7, 11) is 1.62. The molecule has 5 nitrogen and oxygen atoms in total. The van der Waals surface area contributed by atoms with E-state index in [1.165, 1.54) is 24.6 Å². The second-order valence-corrected chi connectivity index (χ2v) is 8.15. The van der Waals surface area contributed by atoms with Gasteiger partial charge in [-0.05, 0) is 53.9 Å². The van der Waals surface area contributed by atoms with E-state index in [0.717, 1.165) is 24.0 Å². The predicted octanol–water partition coefficient (Wildman–Crippen LogP) is 4.78. The van der Waals surface area contributed by atoms with Crippen molar-refractivity contribution in [3.8, 4) is 11.5 Å². The molecule has 1 aliphatic heterocycles. The van der Waals surface area contributed by atoms with Crippen LogP contribution in [0.5, 0.6) is 11.5 Å². The molecule has 1 N–H and O–H groups in total. The van der Waals surface area contributed by atoms with Crippen molar-refractivity contribution in [1.82, 2.24) is 5.32 Å². The molecule has 1 saturated carbocycles. The Morgan fingerprint density at radius 3 is 2.69 bits per heavy atom. The van der Waals surface area contributed by atoms with E-state index in [1.807, 2.05) is 54.6 Å². The smallest absolute Gasteiger partial charge is 0.264 e. The fourth-order valence-corrected chi connectivity index (χ4v) is 4.36. The van der Waals surface area contributed by atoms with Gasteiger partial charge in [0.2, 0.25) is 0 Å². The largest absolute Gasteiger partial charge is 0.493 e. The third-order valence-corrected chi connectivity index (χ3v) is 5.92. The lowest BCUT2D eigenvalue weighted by Crippen LogP contribution is -2.21. The van der Waals surface area contributed by atoms with Gasteiger partial charge < -0.3 is 14.8 Å². The third-order valence-electron chi connectivity index (χ3n) is 5.00. The van der Waals surface area contributed by atoms with E-state index >= 15 is 0 Å². The van der Waals surface area contributed by atoms with Crippen molar-refractivity contribution in [3.05, 3.63) is 64.6 Å². The zero-order valence-electron chi connectivity index (χ0n) is 16.4. The average Bonchev–Trinajstić information content (AvgIpc) is 3.37. The summed E-state index contributed by atoms with van der Waals surface area (Å²) in [6.07, 6.45) is 6.53. The molecular weight excluding hydrogens is 384 g/mol. The van der Waals surface area contributed by atoms with Crippen LogP contribution in [0.2, 0.25) is 0 Å². The molecule has 1 saturated heterocycles. The van der Waals surface area contributed by atoms with Crippen molar-refractivity contribution < 1.29 is 14.3 Å². The second kappa shape index (κ2) is 9.18. The highest BCUT2D eigenvalue weighted by Crippen LogP contribution is 2.33. The Hall–Kier alpha value is -2.73. The molecule has 0 aromatic heterocycles. The number of benzene rings is 2. The van der Waals surface area contributed by atoms with Gasteiger partial charge in [-0.1, -0.05) is 49.2 Å². The van der Waals surface area contributed by atoms with Gasteiger partial charge in [-0.25, -0.2) is 0 Å². The van der Waals surface area contributed by atoms with Crippen LogP contribution in [0.15, 0.2) is 58.4 Å². The third kappa shape index (κ3) is 5.01. The first kappa shape index (κ1) is 19.6. The summed E-state index contributed by atoms with van der Waals surface area (Å²) in [5.74, 6) is 1.21. The Balaban J connectivity index is 1.46. The monoisotopic (exact) mass is 408 g/mol. The number of rotatable bonds is 6. The minimum atomic E-state index is -0.102. The Morgan fingerprint density at radius 2 is 1.93 bits per heavy atom. The van der Waals surface area contributed by atoms with Gasteiger partial charge in [0.1, 0.15) is 6.61 Å². The Bertz CT molecular complexity index is 934. The van der Waals surface area contributed by atoms with E-state index in [-0.39, 0.29) is 5.91 Å². The van der Waals surface area contributed by atoms with Gasteiger partial charge in [-0.3, -0.25) is 9.79 Å². The maximum atomic E-state index is 12.3. The summed E-state index contributed by atoms with van der Waals surface area (Å²) in [5, 5.41) is 3.59. The molecule has 2 fully saturated rings. The SMILES string of the molecule is COc1cc(/C=C2/SC(=NC3CCCC3)NC2=O)ccc1OCc1ccccc1. The summed E-state index contributed by atoms with van der Waals surface area (Å²) < 4.78 is 11.4. The number of carbonyl (C=O) groups excluding carboxylic acids is 1. The normalized spacial score (nSPS) is 19.7. The molecule has 0 atom stereocenters. The summed E-state index contributed by atoms with van der Waals surface area (Å²) >= 11 is 1.40. The van der Waals surface area contributed by atoms with Gasteiger partial charge in [-0.2, -0.15) is 0 Å². The van der Waals surface area contributed by atoms with E-state index in [9.17, 15) is 4.79 Å². The van der Waals surface area contributed by atoms with Crippen LogP contribution in [-0.2, 0) is 11.4 Å². The van der Waals surface area contributed by atoms with E-state index in [4.69, 9.17) is 9.47 Å². The van der Waals surface area contributed by atoms with Crippen molar-refractivity contribution in [1.29, 1.82) is 0 Å². The maximum absolute atomic E-state index is 12.3. The number of hydrogen-bond donors (Lipinski definition) is 1. The van der Waals surface area contributed by atoms with Crippen molar-refractivity contribution in [2.45, 2.75) is 38.3 Å². The Morgan fingerprint density at radius 1 is 1.14 bits per heavy atom. The average molecular weight is 409 g/mol. The molecule has 0 unspecified atom stereocenters. The summed E-state index contributed by atoms with van der Waals surface area (Å²) in [4.78, 5) is 17.6. The quantitative estimate of drug-likeness (QED) is 0.699. The standard InChI is InChI=1S/C23H24N2O3S/c1-27-20-13-17(11-12-19(20)28-15-16-7-3-2-4-8-16)14-21-22(26)25-23(29-21)24-18-9-5-6-10-18/h2-4,7-8,11-14,18H,5-6,9-10,15H2,1H3,(H,24,25,26)/b21-14+. The van der Waals surface area contributed by atoms with Crippen LogP contribution >= 0.6 is 11.8 Å². The van der Waals surface area contributed by atoms with Crippen LogP contribution in [0.25, 0.3) is 6.08 Å². The zero-order chi connectivity index (χ0) is 20.1. The number of thioether (sulfide) groups is 1. The summed E-state index contributed by atoms with van der Waals surface area (Å²) in [6.45, 7) is 0.469. The topological polar surface area (TPSA) is 59.9 Å². The van der Waals surface area contributed by atoms with Gasteiger partial charge in [-0.15, -0.1) is 0 Å². The molecule has 6 heteroatoms. The van der Waals surface area contributed by atoms with Crippen LogP contribution in [0.1, 0.15) is 36.8 Å². The Kier molecular flexibility index (Phi) is 6.20.